The Morgan fingerprint density at radius 2 is 1.52 bits per heavy atom. The summed E-state index contributed by atoms with van der Waals surface area (Å²) in [6, 6.07) is -0.845. The number of carbonyl (C=O) groups excluding carboxylic acids is 2. The van der Waals surface area contributed by atoms with Gasteiger partial charge in [-0.05, 0) is 25.2 Å². The van der Waals surface area contributed by atoms with Crippen molar-refractivity contribution in [2.24, 2.45) is 16.3 Å². The van der Waals surface area contributed by atoms with E-state index in [1.165, 1.54) is 44.9 Å². The van der Waals surface area contributed by atoms with Crippen molar-refractivity contribution in [2.75, 3.05) is 0 Å². The van der Waals surface area contributed by atoms with Crippen LogP contribution in [0.15, 0.2) is 4.99 Å². The normalized spacial score (nSPS) is 18.8. The number of aliphatic imine (C=N–C) groups is 1. The molecule has 7 nitrogen and oxygen atoms in total. The van der Waals surface area contributed by atoms with E-state index in [4.69, 9.17) is 5.11 Å². The zero-order chi connectivity index (χ0) is 23.0. The second kappa shape index (κ2) is 18.6. The van der Waals surface area contributed by atoms with Gasteiger partial charge in [0.15, 0.2) is 0 Å². The minimum atomic E-state index is -1.15. The molecule has 1 heterocycles. The molecule has 0 saturated heterocycles. The Morgan fingerprint density at radius 1 is 1.00 bits per heavy atom. The van der Waals surface area contributed by atoms with Gasteiger partial charge in [0.05, 0.1) is 6.02 Å². The predicted octanol–water partition coefficient (Wildman–Crippen LogP) is 1.19. The fourth-order valence-corrected chi connectivity index (χ4v) is 3.89. The summed E-state index contributed by atoms with van der Waals surface area (Å²) in [7, 11) is 0. The summed E-state index contributed by atoms with van der Waals surface area (Å²) in [6.07, 6.45) is 13.5. The van der Waals surface area contributed by atoms with Gasteiger partial charge in [0, 0.05) is 6.42 Å². The molecule has 1 rings (SSSR count). The number of nitrogens with zero attached hydrogens (tertiary/aromatic N) is 1. The van der Waals surface area contributed by atoms with Gasteiger partial charge in [0.25, 0.3) is 5.91 Å². The zero-order valence-corrected chi connectivity index (χ0v) is 22.3. The third-order valence-electron chi connectivity index (χ3n) is 5.83. The van der Waals surface area contributed by atoms with Crippen LogP contribution in [0, 0.1) is 11.3 Å². The van der Waals surface area contributed by atoms with Gasteiger partial charge in [0.2, 0.25) is 5.91 Å². The summed E-state index contributed by atoms with van der Waals surface area (Å²) in [6.45, 7) is 7.85. The second-order valence-electron chi connectivity index (χ2n) is 8.16. The molecule has 1 aliphatic rings. The molecular formula is C23H41N2NaO5. The topological polar surface area (TPSA) is 119 Å². The van der Waals surface area contributed by atoms with E-state index in [0.29, 0.717) is 12.8 Å². The summed E-state index contributed by atoms with van der Waals surface area (Å²) < 4.78 is 0. The average Bonchev–Trinajstić information content (AvgIpc) is 2.67. The number of amidine groups is 1. The van der Waals surface area contributed by atoms with Crippen LogP contribution in [-0.2, 0) is 14.4 Å². The zero-order valence-electron chi connectivity index (χ0n) is 20.3. The summed E-state index contributed by atoms with van der Waals surface area (Å²) in [5.41, 5.74) is -1.15. The number of hydrogen-bond donors (Lipinski definition) is 2. The monoisotopic (exact) mass is 448 g/mol. The molecule has 0 aliphatic carbocycles. The van der Waals surface area contributed by atoms with E-state index < -0.39 is 29.2 Å². The summed E-state index contributed by atoms with van der Waals surface area (Å²) in [4.78, 5) is 37.3. The van der Waals surface area contributed by atoms with Crippen LogP contribution in [0.25, 0.3) is 0 Å². The first-order valence-corrected chi connectivity index (χ1v) is 11.6. The van der Waals surface area contributed by atoms with Crippen LogP contribution in [-0.4, -0.2) is 28.9 Å². The first-order chi connectivity index (χ1) is 14.3. The van der Waals surface area contributed by atoms with Gasteiger partial charge in [-0.3, -0.25) is 14.4 Å². The van der Waals surface area contributed by atoms with E-state index in [-0.39, 0.29) is 35.5 Å². The number of carboxylic acid groups (broad SMARTS) is 1. The number of nitrogens with one attached hydrogen (secondary N) is 1. The molecule has 0 aromatic rings. The largest absolute Gasteiger partial charge is 1.00 e. The van der Waals surface area contributed by atoms with E-state index in [1.54, 1.807) is 6.92 Å². The molecule has 0 saturated carbocycles. The minimum absolute atomic E-state index is 0. The Kier molecular flexibility index (Phi) is 19.4. The molecular weight excluding hydrogens is 407 g/mol. The van der Waals surface area contributed by atoms with Crippen molar-refractivity contribution >= 4 is 23.8 Å². The molecule has 174 valence electrons. The van der Waals surface area contributed by atoms with Crippen LogP contribution in [0.1, 0.15) is 111 Å². The third kappa shape index (κ3) is 12.0. The van der Waals surface area contributed by atoms with E-state index in [0.717, 1.165) is 25.7 Å². The van der Waals surface area contributed by atoms with Crippen LogP contribution in [0.4, 0.5) is 0 Å². The minimum Gasteiger partial charge on any atom is -0.846 e. The SMILES string of the molecule is CCCC(C)C1(CC)C(=O)N=C([O-])NC1=O.CCCCCCCCCCCC(=O)O.[Na+]. The van der Waals surface area contributed by atoms with Gasteiger partial charge >= 0.3 is 35.5 Å². The molecule has 0 bridgehead atoms. The molecule has 8 heteroatoms. The maximum absolute atomic E-state index is 11.9. The molecule has 2 N–H and O–H groups in total. The first kappa shape index (κ1) is 32.3. The van der Waals surface area contributed by atoms with Crippen LogP contribution >= 0.6 is 0 Å². The summed E-state index contributed by atoms with van der Waals surface area (Å²) in [5, 5.41) is 21.5. The Bertz CT molecular complexity index is 568. The molecule has 2 unspecified atom stereocenters. The third-order valence-corrected chi connectivity index (χ3v) is 5.83. The molecule has 0 fully saturated rings. The Hall–Kier alpha value is -0.920. The number of unbranched alkanes of at least 4 members (excludes halogenated alkanes) is 8. The molecule has 1 aliphatic heterocycles. The second-order valence-corrected chi connectivity index (χ2v) is 8.16. The number of hydrogen-bond acceptors (Lipinski definition) is 4. The summed E-state index contributed by atoms with van der Waals surface area (Å²) >= 11 is 0. The van der Waals surface area contributed by atoms with Crippen molar-refractivity contribution in [1.29, 1.82) is 0 Å². The molecule has 0 aromatic carbocycles. The number of carboxylic acids is 1. The summed E-state index contributed by atoms with van der Waals surface area (Å²) in [5.74, 6) is -1.86. The van der Waals surface area contributed by atoms with Crippen molar-refractivity contribution in [2.45, 2.75) is 111 Å². The van der Waals surface area contributed by atoms with Gasteiger partial charge < -0.3 is 15.5 Å². The Labute approximate surface area is 210 Å². The van der Waals surface area contributed by atoms with Crippen LogP contribution in [0.5, 0.6) is 0 Å². The first-order valence-electron chi connectivity index (χ1n) is 11.6. The smallest absolute Gasteiger partial charge is 0.846 e. The Morgan fingerprint density at radius 3 is 1.94 bits per heavy atom. The van der Waals surface area contributed by atoms with Gasteiger partial charge in [-0.25, -0.2) is 4.99 Å². The van der Waals surface area contributed by atoms with Crippen molar-refractivity contribution in [3.63, 3.8) is 0 Å². The number of carbonyl (C=O) groups is 3. The van der Waals surface area contributed by atoms with Crippen molar-refractivity contribution < 1.29 is 54.2 Å². The quantitative estimate of drug-likeness (QED) is 0.235. The standard InChI is InChI=1S/C12H24O2.C11H18N2O3.Na/c1-2-3-4-5-6-7-8-9-10-11-12(13)14;1-4-6-7(3)11(5-2)8(14)12-10(16)13-9(11)15;/h2-11H2,1H3,(H,13,14);7H,4-6H2,1-3H3,(H2,12,13,14,15,16);/q;;+1/p-1. The Balaban J connectivity index is 0. The van der Waals surface area contributed by atoms with E-state index in [1.807, 2.05) is 13.8 Å². The van der Waals surface area contributed by atoms with Gasteiger partial charge in [0.1, 0.15) is 5.41 Å². The van der Waals surface area contributed by atoms with Crippen molar-refractivity contribution in [1.82, 2.24) is 5.32 Å². The molecule has 2 amide bonds. The van der Waals surface area contributed by atoms with Gasteiger partial charge in [-0.1, -0.05) is 85.5 Å². The molecule has 0 radical (unpaired) electrons. The van der Waals surface area contributed by atoms with Crippen LogP contribution < -0.4 is 40.0 Å². The molecule has 0 spiro atoms. The number of aliphatic carboxylic acids is 1. The molecule has 0 aromatic heterocycles. The van der Waals surface area contributed by atoms with Crippen LogP contribution in [0.3, 0.4) is 0 Å². The van der Waals surface area contributed by atoms with Crippen molar-refractivity contribution in [3.8, 4) is 0 Å². The van der Waals surface area contributed by atoms with Gasteiger partial charge in [-0.15, -0.1) is 0 Å². The van der Waals surface area contributed by atoms with Gasteiger partial charge in [-0.2, -0.15) is 0 Å². The molecule has 31 heavy (non-hydrogen) atoms. The maximum Gasteiger partial charge on any atom is 1.00 e. The van der Waals surface area contributed by atoms with Crippen LogP contribution in [0.2, 0.25) is 0 Å². The van der Waals surface area contributed by atoms with E-state index in [9.17, 15) is 19.5 Å². The van der Waals surface area contributed by atoms with Crippen molar-refractivity contribution in [3.05, 3.63) is 0 Å². The average molecular weight is 449 g/mol. The fraction of sp³-hybridized carbons (Fsp3) is 0.826. The fourth-order valence-electron chi connectivity index (χ4n) is 3.89. The van der Waals surface area contributed by atoms with E-state index in [2.05, 4.69) is 17.2 Å². The number of rotatable bonds is 14. The predicted molar refractivity (Wildman–Crippen MR) is 117 cm³/mol. The van der Waals surface area contributed by atoms with E-state index >= 15 is 0 Å². The maximum atomic E-state index is 11.9. The molecule has 2 atom stereocenters. The number of amides is 2.